The minimum absolute atomic E-state index is 0.151. The predicted molar refractivity (Wildman–Crippen MR) is 149 cm³/mol. The minimum atomic E-state index is -3.57. The monoisotopic (exact) mass is 512 g/mol. The van der Waals surface area contributed by atoms with Crippen LogP contribution in [0, 0.1) is 5.41 Å². The van der Waals surface area contributed by atoms with Crippen LogP contribution in [0.2, 0.25) is 0 Å². The Morgan fingerprint density at radius 2 is 0.784 bits per heavy atom. The molecule has 192 valence electrons. The lowest BCUT2D eigenvalue weighted by Crippen LogP contribution is -2.50. The Hall–Kier alpha value is -3.06. The van der Waals surface area contributed by atoms with Gasteiger partial charge in [-0.15, -0.1) is 0 Å². The van der Waals surface area contributed by atoms with Gasteiger partial charge in [0.05, 0.1) is 19.8 Å². The number of hydrogen-bond acceptors (Lipinski definition) is 4. The number of rotatable bonds is 14. The highest BCUT2D eigenvalue weighted by molar-refractivity contribution is 6.53. The van der Waals surface area contributed by atoms with E-state index in [1.807, 2.05) is 97.1 Å². The maximum atomic E-state index is 6.60. The van der Waals surface area contributed by atoms with E-state index in [4.69, 9.17) is 17.7 Å². The van der Waals surface area contributed by atoms with Crippen molar-refractivity contribution in [2.24, 2.45) is 5.41 Å². The maximum absolute atomic E-state index is 6.60. The van der Waals surface area contributed by atoms with Crippen molar-refractivity contribution in [1.82, 2.24) is 0 Å². The van der Waals surface area contributed by atoms with E-state index in [2.05, 4.69) is 38.1 Å². The summed E-state index contributed by atoms with van der Waals surface area (Å²) in [4.78, 5) is 0. The molecule has 0 heterocycles. The van der Waals surface area contributed by atoms with Gasteiger partial charge in [-0.05, 0) is 34.1 Å². The zero-order valence-electron chi connectivity index (χ0n) is 21.7. The van der Waals surface area contributed by atoms with E-state index in [1.165, 1.54) is 5.56 Å². The van der Waals surface area contributed by atoms with Gasteiger partial charge in [-0.3, -0.25) is 0 Å². The fourth-order valence-electron chi connectivity index (χ4n) is 3.97. The highest BCUT2D eigenvalue weighted by Crippen LogP contribution is 2.27. The molecule has 4 aromatic carbocycles. The van der Waals surface area contributed by atoms with E-state index in [-0.39, 0.29) is 5.41 Å². The van der Waals surface area contributed by atoms with E-state index < -0.39 is 9.05 Å². The van der Waals surface area contributed by atoms with Crippen molar-refractivity contribution < 1.29 is 17.7 Å². The minimum Gasteiger partial charge on any atom is -0.351 e. The average Bonchev–Trinajstić information content (AvgIpc) is 2.94. The maximum Gasteiger partial charge on any atom is 0.680 e. The molecule has 0 atom stereocenters. The Bertz CT molecular complexity index is 1060. The molecule has 0 aliphatic heterocycles. The van der Waals surface area contributed by atoms with Crippen LogP contribution >= 0.6 is 0 Å². The molecule has 0 saturated carbocycles. The molecule has 0 N–H and O–H groups in total. The first-order valence-electron chi connectivity index (χ1n) is 12.7. The van der Waals surface area contributed by atoms with E-state index in [1.54, 1.807) is 0 Å². The summed E-state index contributed by atoms with van der Waals surface area (Å²) in [5.41, 5.74) is 4.24. The van der Waals surface area contributed by atoms with E-state index in [0.717, 1.165) is 23.1 Å². The largest absolute Gasteiger partial charge is 0.680 e. The highest BCUT2D eigenvalue weighted by Gasteiger charge is 2.47. The summed E-state index contributed by atoms with van der Waals surface area (Å²) in [5.74, 6) is 0. The first-order chi connectivity index (χ1) is 18.0. The third-order valence-corrected chi connectivity index (χ3v) is 7.93. The second-order valence-electron chi connectivity index (χ2n) is 9.94. The van der Waals surface area contributed by atoms with Crippen molar-refractivity contribution in [2.45, 2.75) is 40.1 Å². The number of benzene rings is 4. The Kier molecular flexibility index (Phi) is 9.83. The zero-order valence-corrected chi connectivity index (χ0v) is 22.7. The van der Waals surface area contributed by atoms with Gasteiger partial charge in [-0.1, -0.05) is 135 Å². The molecule has 4 aromatic rings. The van der Waals surface area contributed by atoms with Gasteiger partial charge in [0.1, 0.15) is 0 Å². The summed E-state index contributed by atoms with van der Waals surface area (Å²) >= 11 is 0. The standard InChI is InChI=1S/C32H36O4Si/c1-32(2,23-28-15-7-3-8-16-28)27-36-37(33-24-29-17-9-4-10-18-29,34-25-30-19-11-5-12-20-30)35-26-31-21-13-6-14-22-31/h3-22H,23-27H2,1-2H3. The van der Waals surface area contributed by atoms with Gasteiger partial charge in [0, 0.05) is 6.61 Å². The van der Waals surface area contributed by atoms with Crippen LogP contribution in [0.5, 0.6) is 0 Å². The molecule has 0 bridgehead atoms. The summed E-state index contributed by atoms with van der Waals surface area (Å²) in [6, 6.07) is 40.7. The molecule has 0 aliphatic carbocycles. The lowest BCUT2D eigenvalue weighted by Gasteiger charge is -2.33. The first-order valence-corrected chi connectivity index (χ1v) is 14.4. The smallest absolute Gasteiger partial charge is 0.351 e. The lowest BCUT2D eigenvalue weighted by atomic mass is 9.87. The van der Waals surface area contributed by atoms with Crippen LogP contribution < -0.4 is 0 Å². The second-order valence-corrected chi connectivity index (χ2v) is 12.1. The van der Waals surface area contributed by atoms with Gasteiger partial charge in [-0.2, -0.15) is 0 Å². The molecular formula is C32H36O4Si. The van der Waals surface area contributed by atoms with Gasteiger partial charge in [0.2, 0.25) is 0 Å². The van der Waals surface area contributed by atoms with Crippen LogP contribution in [0.15, 0.2) is 121 Å². The SMILES string of the molecule is CC(C)(CO[Si](OCc1ccccc1)(OCc1ccccc1)OCc1ccccc1)Cc1ccccc1. The summed E-state index contributed by atoms with van der Waals surface area (Å²) < 4.78 is 26.0. The van der Waals surface area contributed by atoms with Crippen molar-refractivity contribution in [3.63, 3.8) is 0 Å². The van der Waals surface area contributed by atoms with Crippen LogP contribution in [-0.4, -0.2) is 15.7 Å². The Balaban J connectivity index is 1.55. The highest BCUT2D eigenvalue weighted by atomic mass is 28.4. The van der Waals surface area contributed by atoms with Crippen LogP contribution in [0.3, 0.4) is 0 Å². The summed E-state index contributed by atoms with van der Waals surface area (Å²) in [6.07, 6.45) is 0.869. The quantitative estimate of drug-likeness (QED) is 0.165. The van der Waals surface area contributed by atoms with Gasteiger partial charge < -0.3 is 17.7 Å². The van der Waals surface area contributed by atoms with Crippen molar-refractivity contribution in [3.8, 4) is 0 Å². The molecule has 0 unspecified atom stereocenters. The van der Waals surface area contributed by atoms with Gasteiger partial charge in [0.15, 0.2) is 0 Å². The molecule has 37 heavy (non-hydrogen) atoms. The van der Waals surface area contributed by atoms with Crippen LogP contribution in [-0.2, 0) is 43.9 Å². The van der Waals surface area contributed by atoms with Gasteiger partial charge >= 0.3 is 9.05 Å². The molecule has 0 aromatic heterocycles. The van der Waals surface area contributed by atoms with Crippen molar-refractivity contribution in [1.29, 1.82) is 0 Å². The fraction of sp³-hybridized carbons (Fsp3) is 0.250. The van der Waals surface area contributed by atoms with Crippen molar-refractivity contribution >= 4 is 9.05 Å². The summed E-state index contributed by atoms with van der Waals surface area (Å²) in [5, 5.41) is 0. The van der Waals surface area contributed by atoms with E-state index in [9.17, 15) is 0 Å². The second kappa shape index (κ2) is 13.5. The fourth-order valence-corrected chi connectivity index (χ4v) is 6.07. The Morgan fingerprint density at radius 3 is 1.14 bits per heavy atom. The summed E-state index contributed by atoms with van der Waals surface area (Å²) in [7, 11) is -3.57. The molecule has 4 rings (SSSR count). The number of hydrogen-bond donors (Lipinski definition) is 0. The van der Waals surface area contributed by atoms with Crippen LogP contribution in [0.1, 0.15) is 36.1 Å². The van der Waals surface area contributed by atoms with Gasteiger partial charge in [0.25, 0.3) is 0 Å². The molecule has 0 amide bonds. The molecule has 0 saturated heterocycles. The van der Waals surface area contributed by atoms with Crippen molar-refractivity contribution in [2.75, 3.05) is 6.61 Å². The molecule has 0 fully saturated rings. The predicted octanol–water partition coefficient (Wildman–Crippen LogP) is 7.36. The van der Waals surface area contributed by atoms with E-state index >= 15 is 0 Å². The third kappa shape index (κ3) is 9.08. The first kappa shape index (κ1) is 27.0. The Morgan fingerprint density at radius 1 is 0.459 bits per heavy atom. The molecule has 5 heteroatoms. The normalized spacial score (nSPS) is 11.9. The van der Waals surface area contributed by atoms with E-state index in [0.29, 0.717) is 26.4 Å². The molecule has 0 radical (unpaired) electrons. The molecular weight excluding hydrogens is 476 g/mol. The van der Waals surface area contributed by atoms with Crippen molar-refractivity contribution in [3.05, 3.63) is 144 Å². The topological polar surface area (TPSA) is 36.9 Å². The molecule has 0 spiro atoms. The van der Waals surface area contributed by atoms with Crippen LogP contribution in [0.25, 0.3) is 0 Å². The zero-order chi connectivity index (χ0) is 25.8. The molecule has 0 aliphatic rings. The van der Waals surface area contributed by atoms with Gasteiger partial charge in [-0.25, -0.2) is 0 Å². The summed E-state index contributed by atoms with van der Waals surface area (Å²) in [6.45, 7) is 5.86. The Labute approximate surface area is 222 Å². The third-order valence-electron chi connectivity index (χ3n) is 5.94. The molecule has 4 nitrogen and oxygen atoms in total. The lowest BCUT2D eigenvalue weighted by molar-refractivity contribution is -0.0611. The van der Waals surface area contributed by atoms with Crippen LogP contribution in [0.4, 0.5) is 0 Å². The average molecular weight is 513 g/mol.